The number of nitro groups is 1. The number of hydrogen-bond acceptors (Lipinski definition) is 8. The molecule has 3 aliphatic carbocycles. The van der Waals surface area contributed by atoms with Crippen molar-refractivity contribution in [2.45, 2.75) is 121 Å². The van der Waals surface area contributed by atoms with E-state index in [1.807, 2.05) is 0 Å². The van der Waals surface area contributed by atoms with Crippen molar-refractivity contribution in [2.75, 3.05) is 6.54 Å². The van der Waals surface area contributed by atoms with Gasteiger partial charge >= 0.3 is 7.12 Å². The average molecular weight is 663 g/mol. The molecule has 0 spiro atoms. The molecule has 1 aromatic carbocycles. The monoisotopic (exact) mass is 662 g/mol. The molecular weight excluding hydrogens is 611 g/mol. The van der Waals surface area contributed by atoms with Crippen LogP contribution in [0.3, 0.4) is 0 Å². The molecule has 1 aliphatic heterocycles. The number of aliphatic imine (C=N–C) groups is 1. The van der Waals surface area contributed by atoms with E-state index in [0.29, 0.717) is 18.3 Å². The average Bonchev–Trinajstić information content (AvgIpc) is 3.34. The normalized spacial score (nSPS) is 26.6. The first kappa shape index (κ1) is 36.1. The standard InChI is InChI=1S/C31H51BN6O7S/c1-7-8-10-21-12-14-23(15-13-21)46(42,43)37-24(11-9-16-34-29(33)36-38(40)41)28(39)35-27(17-20(2)3)32-44-26-19-22-18-25(30(22,4)5)31(26,6)45-32/h12-15,20,22,24-27,37H,7-11,16-19H2,1-6H3,(H,35,39)(H3,33,34,36)/t22-,24+,25-,26-,27+,31+/m1/s1. The molecule has 1 heterocycles. The van der Waals surface area contributed by atoms with Gasteiger partial charge < -0.3 is 20.4 Å². The van der Waals surface area contributed by atoms with E-state index in [-0.39, 0.29) is 47.7 Å². The number of sulfonamides is 1. The van der Waals surface area contributed by atoms with E-state index in [2.05, 4.69) is 56.6 Å². The zero-order valence-corrected chi connectivity index (χ0v) is 28.8. The molecule has 15 heteroatoms. The molecule has 4 fully saturated rings. The maximum absolute atomic E-state index is 13.9. The Morgan fingerprint density at radius 3 is 2.50 bits per heavy atom. The Balaban J connectivity index is 1.51. The van der Waals surface area contributed by atoms with Crippen LogP contribution < -0.4 is 21.2 Å². The lowest BCUT2D eigenvalue weighted by Gasteiger charge is -2.64. The summed E-state index contributed by atoms with van der Waals surface area (Å²) in [5, 5.41) is 12.9. The number of amides is 1. The fourth-order valence-corrected chi connectivity index (χ4v) is 8.67. The van der Waals surface area contributed by atoms with Gasteiger partial charge in [-0.2, -0.15) is 4.72 Å². The van der Waals surface area contributed by atoms with Crippen LogP contribution in [0, 0.1) is 33.3 Å². The number of nitrogens with one attached hydrogen (secondary N) is 3. The SMILES string of the molecule is CCCCc1ccc(S(=O)(=O)N[C@@H](CCCN=C(N)N[N+](=O)[O-])C(=O)N[C@@H](CC(C)C)B2O[C@@H]3C[C@H]4C[C@H](C4(C)C)[C@]3(C)O2)cc1. The van der Waals surface area contributed by atoms with Gasteiger partial charge in [0.25, 0.3) is 5.96 Å². The number of rotatable bonds is 16. The number of unbranched alkanes of at least 4 members (excludes halogenated alkanes) is 1. The highest BCUT2D eigenvalue weighted by Gasteiger charge is 2.68. The Kier molecular flexibility index (Phi) is 11.4. The van der Waals surface area contributed by atoms with Gasteiger partial charge in [0.2, 0.25) is 15.9 Å². The van der Waals surface area contributed by atoms with Crippen molar-refractivity contribution in [1.29, 1.82) is 0 Å². The maximum Gasteiger partial charge on any atom is 0.481 e. The first-order chi connectivity index (χ1) is 21.6. The molecule has 13 nitrogen and oxygen atoms in total. The summed E-state index contributed by atoms with van der Waals surface area (Å²) in [4.78, 5) is 28.5. The minimum Gasteiger partial charge on any atom is -0.404 e. The number of benzene rings is 1. The molecule has 5 rings (SSSR count). The maximum atomic E-state index is 13.9. The highest BCUT2D eigenvalue weighted by molar-refractivity contribution is 7.89. The smallest absolute Gasteiger partial charge is 0.404 e. The second-order valence-electron chi connectivity index (χ2n) is 14.3. The van der Waals surface area contributed by atoms with E-state index in [1.165, 1.54) is 0 Å². The molecule has 46 heavy (non-hydrogen) atoms. The van der Waals surface area contributed by atoms with Crippen LogP contribution in [-0.2, 0) is 30.5 Å². The van der Waals surface area contributed by atoms with Crippen LogP contribution in [0.2, 0.25) is 0 Å². The molecule has 1 amide bonds. The molecule has 2 bridgehead atoms. The minimum absolute atomic E-state index is 0.0486. The first-order valence-electron chi connectivity index (χ1n) is 16.5. The minimum atomic E-state index is -4.07. The lowest BCUT2D eigenvalue weighted by atomic mass is 9.43. The number of hydrogen-bond donors (Lipinski definition) is 4. The van der Waals surface area contributed by atoms with Gasteiger partial charge in [-0.1, -0.05) is 58.6 Å². The van der Waals surface area contributed by atoms with Crippen LogP contribution in [0.4, 0.5) is 0 Å². The van der Waals surface area contributed by atoms with Gasteiger partial charge in [-0.25, -0.2) is 23.5 Å². The summed E-state index contributed by atoms with van der Waals surface area (Å²) in [6.07, 6.45) is 5.72. The summed E-state index contributed by atoms with van der Waals surface area (Å²) in [5.41, 5.74) is 8.04. The zero-order valence-electron chi connectivity index (χ0n) is 28.0. The Labute approximate surface area is 273 Å². The van der Waals surface area contributed by atoms with Gasteiger partial charge in [0.05, 0.1) is 22.5 Å². The zero-order chi connectivity index (χ0) is 33.9. The van der Waals surface area contributed by atoms with Crippen molar-refractivity contribution in [2.24, 2.45) is 33.9 Å². The molecular formula is C31H51BN6O7S. The van der Waals surface area contributed by atoms with Crippen LogP contribution in [-0.4, -0.2) is 62.7 Å². The summed E-state index contributed by atoms with van der Waals surface area (Å²) >= 11 is 0. The first-order valence-corrected chi connectivity index (χ1v) is 18.0. The van der Waals surface area contributed by atoms with Crippen LogP contribution >= 0.6 is 0 Å². The number of carbonyl (C=O) groups is 1. The molecule has 4 aliphatic rings. The second-order valence-corrected chi connectivity index (χ2v) is 16.0. The summed E-state index contributed by atoms with van der Waals surface area (Å²) in [6, 6.07) is 5.53. The molecule has 0 radical (unpaired) electrons. The third-order valence-electron chi connectivity index (χ3n) is 10.2. The number of guanidine groups is 1. The lowest BCUT2D eigenvalue weighted by Crippen LogP contribution is -2.65. The molecule has 5 N–H and O–H groups in total. The van der Waals surface area contributed by atoms with E-state index >= 15 is 0 Å². The molecule has 0 aromatic heterocycles. The highest BCUT2D eigenvalue weighted by Crippen LogP contribution is 2.65. The topological polar surface area (TPSA) is 187 Å². The highest BCUT2D eigenvalue weighted by atomic mass is 32.2. The van der Waals surface area contributed by atoms with E-state index in [9.17, 15) is 23.3 Å². The van der Waals surface area contributed by atoms with E-state index < -0.39 is 45.7 Å². The van der Waals surface area contributed by atoms with Gasteiger partial charge in [0, 0.05) is 6.54 Å². The number of nitrogens with two attached hydrogens (primary N) is 1. The number of nitrogens with zero attached hydrogens (tertiary/aromatic N) is 2. The van der Waals surface area contributed by atoms with Gasteiger partial charge in [-0.3, -0.25) is 4.79 Å². The van der Waals surface area contributed by atoms with Gasteiger partial charge in [-0.05, 0) is 92.7 Å². The van der Waals surface area contributed by atoms with Crippen molar-refractivity contribution in [1.82, 2.24) is 15.5 Å². The van der Waals surface area contributed by atoms with Crippen LogP contribution in [0.5, 0.6) is 0 Å². The quantitative estimate of drug-likeness (QED) is 0.0514. The van der Waals surface area contributed by atoms with E-state index in [1.54, 1.807) is 29.7 Å². The van der Waals surface area contributed by atoms with Gasteiger partial charge in [-0.15, -0.1) is 0 Å². The molecule has 1 saturated heterocycles. The van der Waals surface area contributed by atoms with Crippen molar-refractivity contribution in [3.8, 4) is 0 Å². The fourth-order valence-electron chi connectivity index (χ4n) is 7.44. The number of aryl methyl sites for hydroxylation is 1. The molecule has 3 saturated carbocycles. The summed E-state index contributed by atoms with van der Waals surface area (Å²) in [5.74, 6) is -0.254. The van der Waals surface area contributed by atoms with Crippen molar-refractivity contribution in [3.63, 3.8) is 0 Å². The summed E-state index contributed by atoms with van der Waals surface area (Å²) in [6.45, 7) is 12.9. The summed E-state index contributed by atoms with van der Waals surface area (Å²) < 4.78 is 42.8. The predicted octanol–water partition coefficient (Wildman–Crippen LogP) is 3.35. The van der Waals surface area contributed by atoms with Crippen molar-refractivity contribution >= 4 is 29.0 Å². The fraction of sp³-hybridized carbons (Fsp3) is 0.742. The Bertz CT molecular complexity index is 1380. The Morgan fingerprint density at radius 2 is 1.89 bits per heavy atom. The number of carbonyl (C=O) groups excluding carboxylic acids is 1. The van der Waals surface area contributed by atoms with Gasteiger partial charge in [0.1, 0.15) is 6.04 Å². The third kappa shape index (κ3) is 8.21. The van der Waals surface area contributed by atoms with Gasteiger partial charge in [0.15, 0.2) is 5.03 Å². The van der Waals surface area contributed by atoms with Crippen molar-refractivity contribution in [3.05, 3.63) is 39.9 Å². The predicted molar refractivity (Wildman–Crippen MR) is 177 cm³/mol. The van der Waals surface area contributed by atoms with E-state index in [4.69, 9.17) is 15.0 Å². The van der Waals surface area contributed by atoms with Crippen LogP contribution in [0.25, 0.3) is 0 Å². The largest absolute Gasteiger partial charge is 0.481 e. The lowest BCUT2D eigenvalue weighted by molar-refractivity contribution is -0.525. The third-order valence-corrected chi connectivity index (χ3v) is 11.6. The molecule has 256 valence electrons. The second kappa shape index (κ2) is 14.6. The molecule has 1 aromatic rings. The van der Waals surface area contributed by atoms with Crippen molar-refractivity contribution < 1.29 is 27.6 Å². The molecule has 0 unspecified atom stereocenters. The van der Waals surface area contributed by atoms with Crippen LogP contribution in [0.15, 0.2) is 34.2 Å². The number of hydrazine groups is 1. The Morgan fingerprint density at radius 1 is 1.20 bits per heavy atom. The molecule has 6 atom stereocenters. The van der Waals surface area contributed by atoms with E-state index in [0.717, 1.165) is 37.7 Å². The Hall–Kier alpha value is -2.75. The van der Waals surface area contributed by atoms with Crippen LogP contribution in [0.1, 0.15) is 92.1 Å². The summed E-state index contributed by atoms with van der Waals surface area (Å²) in [7, 11) is -4.73.